The fourth-order valence-electron chi connectivity index (χ4n) is 4.33. The van der Waals surface area contributed by atoms with Crippen LogP contribution in [0.5, 0.6) is 0 Å². The van der Waals surface area contributed by atoms with E-state index in [1.165, 1.54) is 51.4 Å². The highest BCUT2D eigenvalue weighted by atomic mass is 31.2. The fourth-order valence-corrected chi connectivity index (χ4v) is 5.12. The lowest BCUT2D eigenvalue weighted by atomic mass is 10.1. The fraction of sp³-hybridized carbons (Fsp3) is 0.824. The van der Waals surface area contributed by atoms with Crippen molar-refractivity contribution in [3.63, 3.8) is 0 Å². The molecule has 0 aliphatic rings. The van der Waals surface area contributed by atoms with Gasteiger partial charge < -0.3 is 24.6 Å². The first-order chi connectivity index (χ1) is 21.7. The average molecular weight is 663 g/mol. The molecule has 0 heterocycles. The number of unbranched alkanes of at least 4 members (excludes halogenated alkanes) is 14. The summed E-state index contributed by atoms with van der Waals surface area (Å²) in [5.74, 6) is -0.968. The first kappa shape index (κ1) is 43.5. The zero-order chi connectivity index (χ0) is 33.4. The maximum absolute atomic E-state index is 12.5. The van der Waals surface area contributed by atoms with Gasteiger partial charge in [-0.05, 0) is 64.2 Å². The monoisotopic (exact) mass is 662 g/mol. The SMILES string of the molecule is CCCCCC/C=C\CCCCCC(=O)OC[C@H](COP(=O)(O)OC[C@@H](O)CO)OC(=O)CCCCC/C=C\CCCCCC. The molecule has 0 aliphatic heterocycles. The number of phosphoric acid groups is 1. The van der Waals surface area contributed by atoms with Crippen LogP contribution in [0.3, 0.4) is 0 Å². The number of esters is 2. The molecule has 3 N–H and O–H groups in total. The van der Waals surface area contributed by atoms with Crippen molar-refractivity contribution in [2.24, 2.45) is 0 Å². The molecule has 264 valence electrons. The van der Waals surface area contributed by atoms with E-state index in [0.29, 0.717) is 12.8 Å². The molecule has 0 bridgehead atoms. The van der Waals surface area contributed by atoms with Crippen LogP contribution in [-0.4, -0.2) is 65.7 Å². The van der Waals surface area contributed by atoms with Gasteiger partial charge in [0.15, 0.2) is 6.10 Å². The van der Waals surface area contributed by atoms with Crippen molar-refractivity contribution in [1.29, 1.82) is 0 Å². The van der Waals surface area contributed by atoms with Crippen LogP contribution < -0.4 is 0 Å². The summed E-state index contributed by atoms with van der Waals surface area (Å²) in [6, 6.07) is 0. The number of aliphatic hydroxyl groups excluding tert-OH is 2. The van der Waals surface area contributed by atoms with Gasteiger partial charge in [0.05, 0.1) is 19.8 Å². The van der Waals surface area contributed by atoms with Crippen molar-refractivity contribution in [1.82, 2.24) is 0 Å². The third-order valence-corrected chi connectivity index (χ3v) is 8.03. The maximum Gasteiger partial charge on any atom is 0.472 e. The summed E-state index contributed by atoms with van der Waals surface area (Å²) in [7, 11) is -4.61. The number of aliphatic hydroxyl groups is 2. The molecular weight excluding hydrogens is 599 g/mol. The van der Waals surface area contributed by atoms with Crippen molar-refractivity contribution < 1.29 is 47.8 Å². The lowest BCUT2D eigenvalue weighted by Gasteiger charge is -2.20. The van der Waals surface area contributed by atoms with Gasteiger partial charge in [-0.3, -0.25) is 18.6 Å². The number of rotatable bonds is 32. The number of allylic oxidation sites excluding steroid dienone is 4. The molecule has 0 rings (SSSR count). The lowest BCUT2D eigenvalue weighted by Crippen LogP contribution is -2.29. The Hall–Kier alpha value is -1.55. The lowest BCUT2D eigenvalue weighted by molar-refractivity contribution is -0.161. The zero-order valence-corrected chi connectivity index (χ0v) is 29.0. The summed E-state index contributed by atoms with van der Waals surface area (Å²) in [6.45, 7) is 2.26. The van der Waals surface area contributed by atoms with Gasteiger partial charge >= 0.3 is 19.8 Å². The van der Waals surface area contributed by atoms with Crippen molar-refractivity contribution in [3.05, 3.63) is 24.3 Å². The molecular formula is C34H63O10P. The summed E-state index contributed by atoms with van der Waals surface area (Å²) >= 11 is 0. The smallest absolute Gasteiger partial charge is 0.462 e. The molecule has 0 fully saturated rings. The number of ether oxygens (including phenoxy) is 2. The van der Waals surface area contributed by atoms with Gasteiger partial charge in [-0.15, -0.1) is 0 Å². The highest BCUT2D eigenvalue weighted by Crippen LogP contribution is 2.43. The normalized spacial score (nSPS) is 14.5. The Morgan fingerprint density at radius 1 is 0.644 bits per heavy atom. The van der Waals surface area contributed by atoms with Crippen LogP contribution in [0.1, 0.15) is 142 Å². The Morgan fingerprint density at radius 2 is 1.09 bits per heavy atom. The molecule has 0 aromatic heterocycles. The summed E-state index contributed by atoms with van der Waals surface area (Å²) < 4.78 is 32.4. The van der Waals surface area contributed by atoms with E-state index in [9.17, 15) is 24.2 Å². The first-order valence-corrected chi connectivity index (χ1v) is 18.8. The van der Waals surface area contributed by atoms with Crippen LogP contribution in [0.25, 0.3) is 0 Å². The van der Waals surface area contributed by atoms with Crippen molar-refractivity contribution >= 4 is 19.8 Å². The molecule has 45 heavy (non-hydrogen) atoms. The van der Waals surface area contributed by atoms with E-state index < -0.39 is 51.8 Å². The second-order valence-corrected chi connectivity index (χ2v) is 13.0. The maximum atomic E-state index is 12.5. The summed E-state index contributed by atoms with van der Waals surface area (Å²) in [5, 5.41) is 18.2. The molecule has 0 radical (unpaired) electrons. The second kappa shape index (κ2) is 31.1. The highest BCUT2D eigenvalue weighted by Gasteiger charge is 2.27. The molecule has 3 atom stereocenters. The standard InChI is InChI=1S/C34H63O10P/c1-3-5-7-9-11-13-15-17-19-21-23-25-33(37)41-29-32(30-43-45(39,40)42-28-31(36)27-35)44-34(38)26-24-22-20-18-16-14-12-10-8-6-4-2/h13-16,31-32,35-36H,3-12,17-30H2,1-2H3,(H,39,40)/b15-13-,16-14-/t31-,32+/m0/s1. The molecule has 0 aromatic rings. The molecule has 0 aromatic carbocycles. The molecule has 0 saturated heterocycles. The van der Waals surface area contributed by atoms with Gasteiger partial charge in [-0.1, -0.05) is 89.5 Å². The summed E-state index contributed by atoms with van der Waals surface area (Å²) in [6.07, 6.45) is 25.9. The minimum atomic E-state index is -4.61. The van der Waals surface area contributed by atoms with Crippen LogP contribution in [0.2, 0.25) is 0 Å². The van der Waals surface area contributed by atoms with Crippen LogP contribution >= 0.6 is 7.82 Å². The number of carbonyl (C=O) groups excluding carboxylic acids is 2. The van der Waals surface area contributed by atoms with Gasteiger partial charge in [-0.25, -0.2) is 4.57 Å². The van der Waals surface area contributed by atoms with Gasteiger partial charge in [0.2, 0.25) is 0 Å². The van der Waals surface area contributed by atoms with E-state index in [-0.39, 0.29) is 19.4 Å². The largest absolute Gasteiger partial charge is 0.472 e. The van der Waals surface area contributed by atoms with E-state index in [2.05, 4.69) is 42.7 Å². The number of hydrogen-bond acceptors (Lipinski definition) is 9. The third-order valence-electron chi connectivity index (χ3n) is 7.08. The first-order valence-electron chi connectivity index (χ1n) is 17.3. The topological polar surface area (TPSA) is 149 Å². The molecule has 1 unspecified atom stereocenters. The molecule has 0 aliphatic carbocycles. The number of carbonyl (C=O) groups is 2. The van der Waals surface area contributed by atoms with Gasteiger partial charge in [0.1, 0.15) is 12.7 Å². The third kappa shape index (κ3) is 30.8. The van der Waals surface area contributed by atoms with Crippen molar-refractivity contribution in [2.75, 3.05) is 26.4 Å². The highest BCUT2D eigenvalue weighted by molar-refractivity contribution is 7.47. The molecule has 0 saturated carbocycles. The second-order valence-electron chi connectivity index (χ2n) is 11.5. The van der Waals surface area contributed by atoms with Crippen LogP contribution in [0, 0.1) is 0 Å². The van der Waals surface area contributed by atoms with E-state index >= 15 is 0 Å². The van der Waals surface area contributed by atoms with Crippen molar-refractivity contribution in [3.8, 4) is 0 Å². The van der Waals surface area contributed by atoms with Gasteiger partial charge in [0.25, 0.3) is 0 Å². The Labute approximate surface area is 272 Å². The van der Waals surface area contributed by atoms with E-state index in [4.69, 9.17) is 19.1 Å². The predicted octanol–water partition coefficient (Wildman–Crippen LogP) is 7.88. The molecule has 11 heteroatoms. The Bertz CT molecular complexity index is 817. The van der Waals surface area contributed by atoms with Gasteiger partial charge in [-0.2, -0.15) is 0 Å². The van der Waals surface area contributed by atoms with E-state index in [1.807, 2.05) is 0 Å². The Balaban J connectivity index is 4.49. The molecule has 10 nitrogen and oxygen atoms in total. The van der Waals surface area contributed by atoms with Crippen LogP contribution in [0.15, 0.2) is 24.3 Å². The minimum absolute atomic E-state index is 0.161. The van der Waals surface area contributed by atoms with Crippen LogP contribution in [-0.2, 0) is 32.7 Å². The number of hydrogen-bond donors (Lipinski definition) is 3. The van der Waals surface area contributed by atoms with E-state index in [1.54, 1.807) is 0 Å². The Kier molecular flexibility index (Phi) is 30.0. The quantitative estimate of drug-likeness (QED) is 0.0281. The summed E-state index contributed by atoms with van der Waals surface area (Å²) in [5.41, 5.74) is 0. The predicted molar refractivity (Wildman–Crippen MR) is 178 cm³/mol. The van der Waals surface area contributed by atoms with Gasteiger partial charge in [0, 0.05) is 12.8 Å². The van der Waals surface area contributed by atoms with E-state index in [0.717, 1.165) is 51.4 Å². The van der Waals surface area contributed by atoms with Crippen molar-refractivity contribution in [2.45, 2.75) is 154 Å². The minimum Gasteiger partial charge on any atom is -0.462 e. The number of phosphoric ester groups is 1. The molecule has 0 spiro atoms. The zero-order valence-electron chi connectivity index (χ0n) is 28.1. The average Bonchev–Trinajstić information content (AvgIpc) is 3.02. The van der Waals surface area contributed by atoms with Crippen LogP contribution in [0.4, 0.5) is 0 Å². The summed E-state index contributed by atoms with van der Waals surface area (Å²) in [4.78, 5) is 34.6. The Morgan fingerprint density at radius 3 is 1.56 bits per heavy atom. The molecule has 0 amide bonds.